The van der Waals surface area contributed by atoms with Crippen molar-refractivity contribution in [1.29, 1.82) is 0 Å². The maximum absolute atomic E-state index is 4.70. The zero-order valence-corrected chi connectivity index (χ0v) is 12.2. The molecule has 1 aliphatic rings. The molecule has 0 amide bonds. The van der Waals surface area contributed by atoms with Gasteiger partial charge in [-0.2, -0.15) is 16.9 Å². The summed E-state index contributed by atoms with van der Waals surface area (Å²) < 4.78 is 2.19. The summed E-state index contributed by atoms with van der Waals surface area (Å²) in [6, 6.07) is 2.82. The van der Waals surface area contributed by atoms with Crippen LogP contribution >= 0.6 is 11.8 Å². The van der Waals surface area contributed by atoms with E-state index in [9.17, 15) is 0 Å². The summed E-state index contributed by atoms with van der Waals surface area (Å²) in [5, 5.41) is 8.16. The number of aromatic nitrogens is 2. The molecule has 1 aromatic heterocycles. The molecule has 0 bridgehead atoms. The van der Waals surface area contributed by atoms with Gasteiger partial charge in [0.15, 0.2) is 0 Å². The van der Waals surface area contributed by atoms with Gasteiger partial charge in [0.05, 0.1) is 11.7 Å². The van der Waals surface area contributed by atoms with Gasteiger partial charge in [-0.25, -0.2) is 0 Å². The second-order valence-electron chi connectivity index (χ2n) is 5.10. The highest BCUT2D eigenvalue weighted by Gasteiger charge is 2.15. The molecule has 3 nitrogen and oxygen atoms in total. The fourth-order valence-electron chi connectivity index (χ4n) is 2.58. The zero-order chi connectivity index (χ0) is 12.6. The SMILES string of the molecule is CSCCCNCc1ccn(C2CCCCC2)n1. The zero-order valence-electron chi connectivity index (χ0n) is 11.4. The molecule has 1 aromatic rings. The van der Waals surface area contributed by atoms with Gasteiger partial charge in [0.1, 0.15) is 0 Å². The number of thioether (sulfide) groups is 1. The highest BCUT2D eigenvalue weighted by Crippen LogP contribution is 2.27. The quantitative estimate of drug-likeness (QED) is 0.769. The second-order valence-corrected chi connectivity index (χ2v) is 6.09. The van der Waals surface area contributed by atoms with Gasteiger partial charge in [-0.1, -0.05) is 19.3 Å². The molecule has 1 fully saturated rings. The molecule has 1 N–H and O–H groups in total. The third-order valence-electron chi connectivity index (χ3n) is 3.62. The number of hydrogen-bond acceptors (Lipinski definition) is 3. The first-order valence-electron chi connectivity index (χ1n) is 7.14. The van der Waals surface area contributed by atoms with E-state index in [1.54, 1.807) is 0 Å². The topological polar surface area (TPSA) is 29.9 Å². The molecular formula is C14H25N3S. The molecule has 1 aliphatic carbocycles. The molecule has 0 aromatic carbocycles. The summed E-state index contributed by atoms with van der Waals surface area (Å²) in [7, 11) is 0. The molecule has 4 heteroatoms. The molecule has 1 heterocycles. The predicted molar refractivity (Wildman–Crippen MR) is 79.1 cm³/mol. The average molecular weight is 267 g/mol. The van der Waals surface area contributed by atoms with Gasteiger partial charge >= 0.3 is 0 Å². The first-order valence-corrected chi connectivity index (χ1v) is 8.53. The normalized spacial score (nSPS) is 17.2. The summed E-state index contributed by atoms with van der Waals surface area (Å²) in [6.45, 7) is 2.01. The number of rotatable bonds is 7. The van der Waals surface area contributed by atoms with E-state index in [-0.39, 0.29) is 0 Å². The van der Waals surface area contributed by atoms with E-state index in [2.05, 4.69) is 28.5 Å². The Morgan fingerprint density at radius 1 is 1.39 bits per heavy atom. The largest absolute Gasteiger partial charge is 0.311 e. The Hall–Kier alpha value is -0.480. The lowest BCUT2D eigenvalue weighted by Crippen LogP contribution is -2.17. The van der Waals surface area contributed by atoms with Crippen LogP contribution in [0.2, 0.25) is 0 Å². The first-order chi connectivity index (χ1) is 8.90. The minimum Gasteiger partial charge on any atom is -0.311 e. The molecule has 2 rings (SSSR count). The summed E-state index contributed by atoms with van der Waals surface area (Å²) >= 11 is 1.91. The smallest absolute Gasteiger partial charge is 0.0762 e. The van der Waals surface area contributed by atoms with E-state index in [1.807, 2.05) is 11.8 Å². The maximum Gasteiger partial charge on any atom is 0.0762 e. The van der Waals surface area contributed by atoms with E-state index >= 15 is 0 Å². The second kappa shape index (κ2) is 7.85. The minimum absolute atomic E-state index is 0.656. The maximum atomic E-state index is 4.70. The standard InChI is InChI=1S/C14H25N3S/c1-18-11-5-9-15-12-13-8-10-17(16-13)14-6-3-2-4-7-14/h8,10,14-15H,2-7,9,11-12H2,1H3. The van der Waals surface area contributed by atoms with Crippen LogP contribution in [-0.4, -0.2) is 28.3 Å². The average Bonchev–Trinajstić information content (AvgIpc) is 2.88. The summed E-state index contributed by atoms with van der Waals surface area (Å²) in [5.74, 6) is 1.24. The fourth-order valence-corrected chi connectivity index (χ4v) is 3.01. The summed E-state index contributed by atoms with van der Waals surface area (Å²) in [5.41, 5.74) is 1.18. The van der Waals surface area contributed by atoms with E-state index in [0.29, 0.717) is 6.04 Å². The lowest BCUT2D eigenvalue weighted by Gasteiger charge is -2.21. The van der Waals surface area contributed by atoms with Crippen molar-refractivity contribution in [1.82, 2.24) is 15.1 Å². The van der Waals surface area contributed by atoms with Crippen LogP contribution in [0.15, 0.2) is 12.3 Å². The van der Waals surface area contributed by atoms with E-state index < -0.39 is 0 Å². The number of nitrogens with zero attached hydrogens (tertiary/aromatic N) is 2. The van der Waals surface area contributed by atoms with Crippen molar-refractivity contribution < 1.29 is 0 Å². The summed E-state index contributed by atoms with van der Waals surface area (Å²) in [6.07, 6.45) is 12.3. The van der Waals surface area contributed by atoms with Crippen molar-refractivity contribution in [2.45, 2.75) is 51.1 Å². The minimum atomic E-state index is 0.656. The van der Waals surface area contributed by atoms with Gasteiger partial charge in [0, 0.05) is 12.7 Å². The van der Waals surface area contributed by atoms with Crippen molar-refractivity contribution in [3.05, 3.63) is 18.0 Å². The van der Waals surface area contributed by atoms with E-state index in [0.717, 1.165) is 13.1 Å². The number of nitrogens with one attached hydrogen (secondary N) is 1. The van der Waals surface area contributed by atoms with Crippen LogP contribution in [0.1, 0.15) is 50.3 Å². The van der Waals surface area contributed by atoms with Gasteiger partial charge in [-0.15, -0.1) is 0 Å². The Morgan fingerprint density at radius 3 is 3.00 bits per heavy atom. The van der Waals surface area contributed by atoms with Crippen molar-refractivity contribution in [2.24, 2.45) is 0 Å². The van der Waals surface area contributed by atoms with Crippen LogP contribution in [0.5, 0.6) is 0 Å². The molecular weight excluding hydrogens is 242 g/mol. The predicted octanol–water partition coefficient (Wildman–Crippen LogP) is 3.23. The van der Waals surface area contributed by atoms with Crippen LogP contribution in [0, 0.1) is 0 Å². The van der Waals surface area contributed by atoms with Crippen molar-refractivity contribution >= 4 is 11.8 Å². The molecule has 0 unspecified atom stereocenters. The van der Waals surface area contributed by atoms with Crippen LogP contribution in [0.3, 0.4) is 0 Å². The van der Waals surface area contributed by atoms with Gasteiger partial charge < -0.3 is 5.32 Å². The molecule has 1 saturated carbocycles. The molecule has 18 heavy (non-hydrogen) atoms. The van der Waals surface area contributed by atoms with Gasteiger partial charge in [0.25, 0.3) is 0 Å². The van der Waals surface area contributed by atoms with Crippen molar-refractivity contribution in [2.75, 3.05) is 18.6 Å². The lowest BCUT2D eigenvalue weighted by atomic mass is 9.96. The first kappa shape index (κ1) is 13.9. The Bertz CT molecular complexity index is 332. The summed E-state index contributed by atoms with van der Waals surface area (Å²) in [4.78, 5) is 0. The Kier molecular flexibility index (Phi) is 6.08. The lowest BCUT2D eigenvalue weighted by molar-refractivity contribution is 0.327. The molecule has 0 aliphatic heterocycles. The third-order valence-corrected chi connectivity index (χ3v) is 4.32. The van der Waals surface area contributed by atoms with E-state index in [4.69, 9.17) is 5.10 Å². The van der Waals surface area contributed by atoms with Gasteiger partial charge in [-0.05, 0) is 43.9 Å². The Labute approximate surface area is 115 Å². The number of hydrogen-bond donors (Lipinski definition) is 1. The molecule has 102 valence electrons. The van der Waals surface area contributed by atoms with Crippen LogP contribution < -0.4 is 5.32 Å². The van der Waals surface area contributed by atoms with Crippen LogP contribution in [-0.2, 0) is 6.54 Å². The highest BCUT2D eigenvalue weighted by atomic mass is 32.2. The van der Waals surface area contributed by atoms with Gasteiger partial charge in [-0.3, -0.25) is 4.68 Å². The molecule has 0 spiro atoms. The molecule has 0 saturated heterocycles. The van der Waals surface area contributed by atoms with Crippen molar-refractivity contribution in [3.8, 4) is 0 Å². The van der Waals surface area contributed by atoms with Crippen LogP contribution in [0.25, 0.3) is 0 Å². The molecule has 0 radical (unpaired) electrons. The fraction of sp³-hybridized carbons (Fsp3) is 0.786. The highest BCUT2D eigenvalue weighted by molar-refractivity contribution is 7.98. The Morgan fingerprint density at radius 2 is 2.22 bits per heavy atom. The van der Waals surface area contributed by atoms with Gasteiger partial charge in [0.2, 0.25) is 0 Å². The third kappa shape index (κ3) is 4.32. The molecule has 0 atom stereocenters. The monoisotopic (exact) mass is 267 g/mol. The van der Waals surface area contributed by atoms with Crippen LogP contribution in [0.4, 0.5) is 0 Å². The van der Waals surface area contributed by atoms with E-state index in [1.165, 1.54) is 50.0 Å². The van der Waals surface area contributed by atoms with Crippen molar-refractivity contribution in [3.63, 3.8) is 0 Å². The Balaban J connectivity index is 1.72.